The van der Waals surface area contributed by atoms with Gasteiger partial charge in [0.25, 0.3) is 5.91 Å². The molecule has 10 nitrogen and oxygen atoms in total. The standard InChI is InChI=1S/C13H18N8O2/c22-13(9-7-20-4-3-14-2-1-11(20)15-9)21-5-6-23-10(8-21)12-16-18-19-17-12/h7,10,14H,1-6,8H2,(H,16,17,18,19). The van der Waals surface area contributed by atoms with Crippen molar-refractivity contribution in [3.63, 3.8) is 0 Å². The van der Waals surface area contributed by atoms with Crippen molar-refractivity contribution in [2.45, 2.75) is 19.1 Å². The van der Waals surface area contributed by atoms with Crippen LogP contribution in [0, 0.1) is 0 Å². The molecule has 1 amide bonds. The Labute approximate surface area is 132 Å². The molecule has 0 radical (unpaired) electrons. The first kappa shape index (κ1) is 14.3. The minimum atomic E-state index is -0.351. The molecular formula is C13H18N8O2. The number of aromatic amines is 1. The zero-order valence-electron chi connectivity index (χ0n) is 12.6. The lowest BCUT2D eigenvalue weighted by Gasteiger charge is -2.30. The highest BCUT2D eigenvalue weighted by Gasteiger charge is 2.30. The average Bonchev–Trinajstić information content (AvgIpc) is 3.21. The molecule has 23 heavy (non-hydrogen) atoms. The molecule has 0 aromatic carbocycles. The molecule has 10 heteroatoms. The Kier molecular flexibility index (Phi) is 3.75. The molecule has 2 aromatic heterocycles. The third-order valence-corrected chi connectivity index (χ3v) is 4.14. The number of H-pyrrole nitrogens is 1. The molecule has 1 fully saturated rings. The van der Waals surface area contributed by atoms with Gasteiger partial charge in [-0.15, -0.1) is 10.2 Å². The van der Waals surface area contributed by atoms with Gasteiger partial charge in [0.15, 0.2) is 0 Å². The van der Waals surface area contributed by atoms with E-state index in [4.69, 9.17) is 4.74 Å². The molecule has 1 atom stereocenters. The number of carbonyl (C=O) groups excluding carboxylic acids is 1. The molecule has 4 rings (SSSR count). The molecule has 1 saturated heterocycles. The van der Waals surface area contributed by atoms with Gasteiger partial charge in [-0.2, -0.15) is 5.21 Å². The number of fused-ring (bicyclic) bond motifs is 1. The maximum absolute atomic E-state index is 12.7. The normalized spacial score (nSPS) is 21.7. The van der Waals surface area contributed by atoms with E-state index in [1.165, 1.54) is 0 Å². The summed E-state index contributed by atoms with van der Waals surface area (Å²) in [5.74, 6) is 1.35. The van der Waals surface area contributed by atoms with Crippen LogP contribution in [-0.2, 0) is 17.7 Å². The number of tetrazole rings is 1. The molecule has 1 unspecified atom stereocenters. The summed E-state index contributed by atoms with van der Waals surface area (Å²) in [6.45, 7) is 4.02. The summed E-state index contributed by atoms with van der Waals surface area (Å²) in [5, 5.41) is 17.1. The predicted octanol–water partition coefficient (Wildman–Crippen LogP) is -1.24. The van der Waals surface area contributed by atoms with Crippen molar-refractivity contribution in [3.8, 4) is 0 Å². The molecule has 2 aliphatic rings. The van der Waals surface area contributed by atoms with E-state index in [1.54, 1.807) is 4.90 Å². The molecule has 0 aliphatic carbocycles. The first-order valence-electron chi connectivity index (χ1n) is 7.72. The van der Waals surface area contributed by atoms with E-state index in [9.17, 15) is 4.79 Å². The Morgan fingerprint density at radius 2 is 2.30 bits per heavy atom. The second kappa shape index (κ2) is 6.05. The fourth-order valence-corrected chi connectivity index (χ4v) is 2.93. The summed E-state index contributed by atoms with van der Waals surface area (Å²) in [6.07, 6.45) is 2.34. The molecule has 2 aromatic rings. The highest BCUT2D eigenvalue weighted by molar-refractivity contribution is 5.92. The van der Waals surface area contributed by atoms with E-state index < -0.39 is 0 Å². The smallest absolute Gasteiger partial charge is 0.274 e. The Bertz CT molecular complexity index is 659. The van der Waals surface area contributed by atoms with Crippen molar-refractivity contribution in [3.05, 3.63) is 23.5 Å². The lowest BCUT2D eigenvalue weighted by atomic mass is 10.2. The van der Waals surface area contributed by atoms with Gasteiger partial charge >= 0.3 is 0 Å². The van der Waals surface area contributed by atoms with E-state index in [-0.39, 0.29) is 12.0 Å². The molecule has 0 saturated carbocycles. The molecule has 0 bridgehead atoms. The van der Waals surface area contributed by atoms with E-state index in [0.29, 0.717) is 31.2 Å². The largest absolute Gasteiger partial charge is 0.366 e. The summed E-state index contributed by atoms with van der Waals surface area (Å²) < 4.78 is 7.68. The lowest BCUT2D eigenvalue weighted by Crippen LogP contribution is -2.42. The second-order valence-corrected chi connectivity index (χ2v) is 5.62. The van der Waals surface area contributed by atoms with Crippen molar-refractivity contribution >= 4 is 5.91 Å². The third-order valence-electron chi connectivity index (χ3n) is 4.14. The highest BCUT2D eigenvalue weighted by Crippen LogP contribution is 2.20. The van der Waals surface area contributed by atoms with Crippen molar-refractivity contribution < 1.29 is 9.53 Å². The summed E-state index contributed by atoms with van der Waals surface area (Å²) in [5.41, 5.74) is 0.496. The first-order valence-corrected chi connectivity index (χ1v) is 7.72. The summed E-state index contributed by atoms with van der Waals surface area (Å²) >= 11 is 0. The monoisotopic (exact) mass is 318 g/mol. The number of rotatable bonds is 2. The van der Waals surface area contributed by atoms with Gasteiger partial charge in [0, 0.05) is 38.8 Å². The van der Waals surface area contributed by atoms with Gasteiger partial charge in [-0.25, -0.2) is 4.98 Å². The van der Waals surface area contributed by atoms with Crippen LogP contribution in [0.15, 0.2) is 6.20 Å². The second-order valence-electron chi connectivity index (χ2n) is 5.62. The molecular weight excluding hydrogens is 300 g/mol. The number of hydrogen-bond acceptors (Lipinski definition) is 7. The average molecular weight is 318 g/mol. The summed E-state index contributed by atoms with van der Waals surface area (Å²) in [7, 11) is 0. The molecule has 122 valence electrons. The van der Waals surface area contributed by atoms with E-state index in [2.05, 4.69) is 35.5 Å². The number of amides is 1. The fraction of sp³-hybridized carbons (Fsp3) is 0.615. The minimum Gasteiger partial charge on any atom is -0.366 e. The van der Waals surface area contributed by atoms with E-state index in [0.717, 1.165) is 31.9 Å². The molecule has 2 aliphatic heterocycles. The van der Waals surface area contributed by atoms with E-state index in [1.807, 2.05) is 6.20 Å². The van der Waals surface area contributed by atoms with Gasteiger partial charge < -0.3 is 19.5 Å². The van der Waals surface area contributed by atoms with Crippen LogP contribution in [0.5, 0.6) is 0 Å². The van der Waals surface area contributed by atoms with Gasteiger partial charge in [0.1, 0.15) is 17.6 Å². The Morgan fingerprint density at radius 3 is 3.17 bits per heavy atom. The zero-order chi connectivity index (χ0) is 15.6. The van der Waals surface area contributed by atoms with Gasteiger partial charge in [-0.1, -0.05) is 5.21 Å². The summed E-state index contributed by atoms with van der Waals surface area (Å²) in [4.78, 5) is 19.0. The van der Waals surface area contributed by atoms with Crippen LogP contribution in [-0.4, -0.2) is 73.8 Å². The highest BCUT2D eigenvalue weighted by atomic mass is 16.5. The maximum atomic E-state index is 12.7. The van der Waals surface area contributed by atoms with Gasteiger partial charge in [0.2, 0.25) is 5.82 Å². The van der Waals surface area contributed by atoms with Gasteiger partial charge in [-0.3, -0.25) is 4.79 Å². The van der Waals surface area contributed by atoms with Crippen LogP contribution >= 0.6 is 0 Å². The van der Waals surface area contributed by atoms with Crippen LogP contribution in [0.3, 0.4) is 0 Å². The molecule has 0 spiro atoms. The van der Waals surface area contributed by atoms with Crippen molar-refractivity contribution in [2.24, 2.45) is 0 Å². The van der Waals surface area contributed by atoms with Crippen molar-refractivity contribution in [1.29, 1.82) is 0 Å². The van der Waals surface area contributed by atoms with Crippen molar-refractivity contribution in [2.75, 3.05) is 32.8 Å². The van der Waals surface area contributed by atoms with Crippen LogP contribution in [0.2, 0.25) is 0 Å². The number of carbonyl (C=O) groups is 1. The van der Waals surface area contributed by atoms with Crippen LogP contribution < -0.4 is 5.32 Å². The van der Waals surface area contributed by atoms with Crippen LogP contribution in [0.25, 0.3) is 0 Å². The Balaban J connectivity index is 1.50. The number of imidazole rings is 1. The number of hydrogen-bond donors (Lipinski definition) is 2. The van der Waals surface area contributed by atoms with Crippen LogP contribution in [0.1, 0.15) is 28.2 Å². The fourth-order valence-electron chi connectivity index (χ4n) is 2.93. The number of ether oxygens (including phenoxy) is 1. The topological polar surface area (TPSA) is 114 Å². The van der Waals surface area contributed by atoms with Gasteiger partial charge in [0.05, 0.1) is 13.2 Å². The predicted molar refractivity (Wildman–Crippen MR) is 77.6 cm³/mol. The molecule has 4 heterocycles. The SMILES string of the molecule is O=C(c1cn2c(n1)CCNCC2)N1CCOC(c2nn[nH]n2)C1. The zero-order valence-corrected chi connectivity index (χ0v) is 12.6. The Hall–Kier alpha value is -2.33. The minimum absolute atomic E-state index is 0.0738. The molecule has 2 N–H and O–H groups in total. The number of nitrogens with one attached hydrogen (secondary N) is 2. The number of morpholine rings is 1. The number of nitrogens with zero attached hydrogens (tertiary/aromatic N) is 6. The number of aromatic nitrogens is 6. The van der Waals surface area contributed by atoms with Crippen LogP contribution in [0.4, 0.5) is 0 Å². The Morgan fingerprint density at radius 1 is 1.35 bits per heavy atom. The van der Waals surface area contributed by atoms with E-state index >= 15 is 0 Å². The maximum Gasteiger partial charge on any atom is 0.274 e. The third kappa shape index (κ3) is 2.82. The summed E-state index contributed by atoms with van der Waals surface area (Å²) in [6, 6.07) is 0. The van der Waals surface area contributed by atoms with Gasteiger partial charge in [-0.05, 0) is 0 Å². The van der Waals surface area contributed by atoms with Crippen molar-refractivity contribution in [1.82, 2.24) is 40.4 Å². The quantitative estimate of drug-likeness (QED) is 0.711. The lowest BCUT2D eigenvalue weighted by molar-refractivity contribution is -0.0269. The first-order chi connectivity index (χ1) is 11.3.